The van der Waals surface area contributed by atoms with Crippen LogP contribution in [0.3, 0.4) is 0 Å². The number of carbonyl (C=O) groups excluding carboxylic acids is 3. The molecule has 3 rings (SSSR count). The second-order valence-electron chi connectivity index (χ2n) is 6.73. The van der Waals surface area contributed by atoms with Crippen molar-refractivity contribution in [3.8, 4) is 0 Å². The predicted molar refractivity (Wildman–Crippen MR) is 80.8 cm³/mol. The smallest absolute Gasteiger partial charge is 0.225 e. The molecule has 0 aromatic rings. The van der Waals surface area contributed by atoms with Crippen LogP contribution in [0.2, 0.25) is 0 Å². The number of hydrogen-bond donors (Lipinski definition) is 2. The fraction of sp³-hybridized carbons (Fsp3) is 0.812. The molecule has 0 aromatic carbocycles. The van der Waals surface area contributed by atoms with E-state index in [4.69, 9.17) is 0 Å². The number of hydrogen-bond acceptors (Lipinski definition) is 3. The Balaban J connectivity index is 1.29. The fourth-order valence-corrected chi connectivity index (χ4v) is 2.96. The minimum atomic E-state index is 0.00221. The normalized spacial score (nSPS) is 22.3. The SMILES string of the molecule is O=C(NCCNC(=O)C1CCN(C(=O)C2CC2)CC1)C1CC1. The number of nitrogens with one attached hydrogen (secondary N) is 2. The number of likely N-dealkylation sites (tertiary alicyclic amines) is 1. The van der Waals surface area contributed by atoms with Gasteiger partial charge in [-0.1, -0.05) is 0 Å². The quantitative estimate of drug-likeness (QED) is 0.692. The molecule has 3 amide bonds. The van der Waals surface area contributed by atoms with Gasteiger partial charge in [0.1, 0.15) is 0 Å². The summed E-state index contributed by atoms with van der Waals surface area (Å²) in [6.07, 6.45) is 5.56. The second-order valence-corrected chi connectivity index (χ2v) is 6.73. The van der Waals surface area contributed by atoms with Crippen LogP contribution in [0, 0.1) is 17.8 Å². The van der Waals surface area contributed by atoms with Crippen LogP contribution in [-0.2, 0) is 14.4 Å². The van der Waals surface area contributed by atoms with Gasteiger partial charge in [0, 0.05) is 43.9 Å². The Kier molecular flexibility index (Phi) is 4.64. The average molecular weight is 307 g/mol. The molecule has 0 atom stereocenters. The summed E-state index contributed by atoms with van der Waals surface area (Å²) in [6, 6.07) is 0. The molecule has 2 aliphatic carbocycles. The third kappa shape index (κ3) is 3.99. The molecule has 1 saturated heterocycles. The Labute approximate surface area is 131 Å². The monoisotopic (exact) mass is 307 g/mol. The maximum absolute atomic E-state index is 12.1. The van der Waals surface area contributed by atoms with E-state index in [-0.39, 0.29) is 35.5 Å². The first kappa shape index (κ1) is 15.3. The van der Waals surface area contributed by atoms with Crippen molar-refractivity contribution in [3.63, 3.8) is 0 Å². The highest BCUT2D eigenvalue weighted by molar-refractivity contribution is 5.82. The lowest BCUT2D eigenvalue weighted by Gasteiger charge is -2.31. The molecular weight excluding hydrogens is 282 g/mol. The van der Waals surface area contributed by atoms with Gasteiger partial charge in [0.2, 0.25) is 17.7 Å². The van der Waals surface area contributed by atoms with E-state index in [0.717, 1.165) is 38.5 Å². The van der Waals surface area contributed by atoms with Crippen LogP contribution >= 0.6 is 0 Å². The van der Waals surface area contributed by atoms with E-state index in [0.29, 0.717) is 26.2 Å². The first-order valence-corrected chi connectivity index (χ1v) is 8.49. The van der Waals surface area contributed by atoms with Crippen molar-refractivity contribution in [2.75, 3.05) is 26.2 Å². The topological polar surface area (TPSA) is 78.5 Å². The third-order valence-corrected chi connectivity index (χ3v) is 4.78. The van der Waals surface area contributed by atoms with Gasteiger partial charge < -0.3 is 15.5 Å². The summed E-state index contributed by atoms with van der Waals surface area (Å²) < 4.78 is 0. The zero-order chi connectivity index (χ0) is 15.5. The average Bonchev–Trinajstić information content (AvgIpc) is 3.42. The van der Waals surface area contributed by atoms with Gasteiger partial charge >= 0.3 is 0 Å². The van der Waals surface area contributed by atoms with E-state index in [1.165, 1.54) is 0 Å². The van der Waals surface area contributed by atoms with E-state index >= 15 is 0 Å². The van der Waals surface area contributed by atoms with Gasteiger partial charge in [-0.05, 0) is 38.5 Å². The Bertz CT molecular complexity index is 450. The van der Waals surface area contributed by atoms with Crippen LogP contribution in [0.4, 0.5) is 0 Å². The molecule has 0 spiro atoms. The van der Waals surface area contributed by atoms with E-state index in [1.807, 2.05) is 4.90 Å². The Hall–Kier alpha value is -1.59. The lowest BCUT2D eigenvalue weighted by atomic mass is 9.95. The molecule has 2 saturated carbocycles. The van der Waals surface area contributed by atoms with Crippen molar-refractivity contribution in [3.05, 3.63) is 0 Å². The van der Waals surface area contributed by atoms with Crippen molar-refractivity contribution in [1.82, 2.24) is 15.5 Å². The summed E-state index contributed by atoms with van der Waals surface area (Å²) in [4.78, 5) is 37.4. The Morgan fingerprint density at radius 3 is 1.64 bits per heavy atom. The van der Waals surface area contributed by atoms with Gasteiger partial charge in [-0.2, -0.15) is 0 Å². The van der Waals surface area contributed by atoms with Gasteiger partial charge in [-0.3, -0.25) is 14.4 Å². The second kappa shape index (κ2) is 6.67. The highest BCUT2D eigenvalue weighted by Crippen LogP contribution is 2.32. The van der Waals surface area contributed by atoms with Gasteiger partial charge in [-0.25, -0.2) is 0 Å². The van der Waals surface area contributed by atoms with E-state index in [2.05, 4.69) is 10.6 Å². The number of rotatable bonds is 6. The lowest BCUT2D eigenvalue weighted by Crippen LogP contribution is -2.44. The summed E-state index contributed by atoms with van der Waals surface area (Å²) in [5.41, 5.74) is 0. The standard InChI is InChI=1S/C16H25N3O3/c20-14(11-1-2-11)17-7-8-18-15(21)12-5-9-19(10-6-12)16(22)13-3-4-13/h11-13H,1-10H2,(H,17,20)(H,18,21). The lowest BCUT2D eigenvalue weighted by molar-refractivity contribution is -0.136. The van der Waals surface area contributed by atoms with Crippen LogP contribution in [0.15, 0.2) is 0 Å². The minimum absolute atomic E-state index is 0.00221. The molecule has 3 aliphatic rings. The van der Waals surface area contributed by atoms with E-state index in [1.54, 1.807) is 0 Å². The summed E-state index contributed by atoms with van der Waals surface area (Å²) in [6.45, 7) is 2.39. The highest BCUT2D eigenvalue weighted by atomic mass is 16.2. The molecular formula is C16H25N3O3. The van der Waals surface area contributed by atoms with Gasteiger partial charge in [0.15, 0.2) is 0 Å². The summed E-state index contributed by atoms with van der Waals surface area (Å²) >= 11 is 0. The molecule has 0 unspecified atom stereocenters. The van der Waals surface area contributed by atoms with Crippen molar-refractivity contribution < 1.29 is 14.4 Å². The van der Waals surface area contributed by atoms with Crippen molar-refractivity contribution >= 4 is 17.7 Å². The molecule has 6 heteroatoms. The van der Waals surface area contributed by atoms with Crippen LogP contribution in [0.1, 0.15) is 38.5 Å². The van der Waals surface area contributed by atoms with Crippen molar-refractivity contribution in [2.24, 2.45) is 17.8 Å². The molecule has 22 heavy (non-hydrogen) atoms. The number of piperidine rings is 1. The highest BCUT2D eigenvalue weighted by Gasteiger charge is 2.35. The van der Waals surface area contributed by atoms with E-state index < -0.39 is 0 Å². The van der Waals surface area contributed by atoms with Crippen LogP contribution < -0.4 is 10.6 Å². The molecule has 3 fully saturated rings. The largest absolute Gasteiger partial charge is 0.354 e. The Morgan fingerprint density at radius 2 is 1.18 bits per heavy atom. The molecule has 1 aliphatic heterocycles. The van der Waals surface area contributed by atoms with Crippen LogP contribution in [0.25, 0.3) is 0 Å². The summed E-state index contributed by atoms with van der Waals surface area (Å²) in [5.74, 6) is 0.925. The minimum Gasteiger partial charge on any atom is -0.354 e. The molecule has 6 nitrogen and oxygen atoms in total. The molecule has 0 bridgehead atoms. The Morgan fingerprint density at radius 1 is 0.727 bits per heavy atom. The molecule has 2 N–H and O–H groups in total. The fourth-order valence-electron chi connectivity index (χ4n) is 2.96. The predicted octanol–water partition coefficient (Wildman–Crippen LogP) is 0.277. The van der Waals surface area contributed by atoms with Gasteiger partial charge in [0.05, 0.1) is 0 Å². The van der Waals surface area contributed by atoms with E-state index in [9.17, 15) is 14.4 Å². The van der Waals surface area contributed by atoms with Gasteiger partial charge in [0.25, 0.3) is 0 Å². The maximum atomic E-state index is 12.1. The van der Waals surface area contributed by atoms with Crippen molar-refractivity contribution in [1.29, 1.82) is 0 Å². The maximum Gasteiger partial charge on any atom is 0.225 e. The summed E-state index contributed by atoms with van der Waals surface area (Å²) in [7, 11) is 0. The van der Waals surface area contributed by atoms with Gasteiger partial charge in [-0.15, -0.1) is 0 Å². The molecule has 0 aromatic heterocycles. The zero-order valence-electron chi connectivity index (χ0n) is 13.0. The zero-order valence-corrected chi connectivity index (χ0v) is 13.0. The number of amides is 3. The van der Waals surface area contributed by atoms with Crippen LogP contribution in [0.5, 0.6) is 0 Å². The molecule has 122 valence electrons. The number of nitrogens with zero attached hydrogens (tertiary/aromatic N) is 1. The van der Waals surface area contributed by atoms with Crippen LogP contribution in [-0.4, -0.2) is 48.8 Å². The molecule has 1 heterocycles. The summed E-state index contributed by atoms with van der Waals surface area (Å²) in [5, 5.41) is 5.73. The first-order valence-electron chi connectivity index (χ1n) is 8.49. The van der Waals surface area contributed by atoms with Crippen molar-refractivity contribution in [2.45, 2.75) is 38.5 Å². The third-order valence-electron chi connectivity index (χ3n) is 4.78. The molecule has 0 radical (unpaired) electrons. The number of carbonyl (C=O) groups is 3. The first-order chi connectivity index (χ1) is 10.6.